The van der Waals surface area contributed by atoms with Crippen LogP contribution in [0.15, 0.2) is 36.4 Å². The van der Waals surface area contributed by atoms with Crippen LogP contribution in [0.25, 0.3) is 0 Å². The minimum Gasteiger partial charge on any atom is -0.398 e. The standard InChI is InChI=1S/C14H9F2N3O/c15-8-4-5-12(18)9(6-8)14(20)19-13-3-1-2-11(16)10(13)7-17/h1-6H,18H2,(H,19,20). The Hall–Kier alpha value is -2.94. The lowest BCUT2D eigenvalue weighted by molar-refractivity contribution is 0.102. The summed E-state index contributed by atoms with van der Waals surface area (Å²) in [5.41, 5.74) is 5.28. The minimum absolute atomic E-state index is 0.00108. The lowest BCUT2D eigenvalue weighted by atomic mass is 10.1. The highest BCUT2D eigenvalue weighted by Crippen LogP contribution is 2.20. The number of carbonyl (C=O) groups excluding carboxylic acids is 1. The summed E-state index contributed by atoms with van der Waals surface area (Å²) < 4.78 is 26.5. The third kappa shape index (κ3) is 2.57. The number of rotatable bonds is 2. The van der Waals surface area contributed by atoms with Crippen LogP contribution in [0.4, 0.5) is 20.2 Å². The van der Waals surface area contributed by atoms with Crippen LogP contribution in [0.1, 0.15) is 15.9 Å². The van der Waals surface area contributed by atoms with Gasteiger partial charge in [-0.15, -0.1) is 0 Å². The van der Waals surface area contributed by atoms with Gasteiger partial charge in [0, 0.05) is 5.69 Å². The van der Waals surface area contributed by atoms with Crippen LogP contribution in [0.5, 0.6) is 0 Å². The maximum absolute atomic E-state index is 13.4. The van der Waals surface area contributed by atoms with Crippen LogP contribution in [0.2, 0.25) is 0 Å². The fourth-order valence-corrected chi connectivity index (χ4v) is 1.66. The molecule has 0 aliphatic carbocycles. The Kier molecular flexibility index (Phi) is 3.62. The molecule has 20 heavy (non-hydrogen) atoms. The fraction of sp³-hybridized carbons (Fsp3) is 0. The second kappa shape index (κ2) is 5.36. The molecule has 0 aromatic heterocycles. The van der Waals surface area contributed by atoms with Gasteiger partial charge in [-0.1, -0.05) is 6.07 Å². The summed E-state index contributed by atoms with van der Waals surface area (Å²) in [4.78, 5) is 12.0. The van der Waals surface area contributed by atoms with Crippen molar-refractivity contribution in [2.24, 2.45) is 0 Å². The molecule has 0 aliphatic rings. The Morgan fingerprint density at radius 2 is 2.00 bits per heavy atom. The highest BCUT2D eigenvalue weighted by atomic mass is 19.1. The lowest BCUT2D eigenvalue weighted by Crippen LogP contribution is -2.15. The maximum atomic E-state index is 13.4. The number of anilines is 2. The SMILES string of the molecule is N#Cc1c(F)cccc1NC(=O)c1cc(F)ccc1N. The molecule has 0 spiro atoms. The summed E-state index contributed by atoms with van der Waals surface area (Å²) in [7, 11) is 0. The molecule has 0 fully saturated rings. The minimum atomic E-state index is -0.752. The molecule has 0 saturated carbocycles. The smallest absolute Gasteiger partial charge is 0.257 e. The van der Waals surface area contributed by atoms with E-state index in [2.05, 4.69) is 5.32 Å². The molecule has 4 nitrogen and oxygen atoms in total. The molecule has 2 rings (SSSR count). The number of amides is 1. The first-order valence-electron chi connectivity index (χ1n) is 5.58. The van der Waals surface area contributed by atoms with E-state index in [4.69, 9.17) is 11.0 Å². The largest absolute Gasteiger partial charge is 0.398 e. The Bertz CT molecular complexity index is 723. The number of nitrogens with two attached hydrogens (primary N) is 1. The molecule has 0 aliphatic heterocycles. The summed E-state index contributed by atoms with van der Waals surface area (Å²) in [6.45, 7) is 0. The summed E-state index contributed by atoms with van der Waals surface area (Å²) >= 11 is 0. The van der Waals surface area contributed by atoms with Gasteiger partial charge in [-0.2, -0.15) is 5.26 Å². The van der Waals surface area contributed by atoms with Gasteiger partial charge in [0.05, 0.1) is 11.3 Å². The molecule has 0 atom stereocenters. The Morgan fingerprint density at radius 1 is 1.25 bits per heavy atom. The van der Waals surface area contributed by atoms with E-state index in [0.717, 1.165) is 18.2 Å². The zero-order valence-corrected chi connectivity index (χ0v) is 10.2. The van der Waals surface area contributed by atoms with E-state index in [9.17, 15) is 13.6 Å². The van der Waals surface area contributed by atoms with Crippen molar-refractivity contribution in [1.82, 2.24) is 0 Å². The van der Waals surface area contributed by atoms with Crippen molar-refractivity contribution in [2.75, 3.05) is 11.1 Å². The number of nitriles is 1. The normalized spacial score (nSPS) is 9.85. The van der Waals surface area contributed by atoms with Gasteiger partial charge >= 0.3 is 0 Å². The van der Waals surface area contributed by atoms with E-state index in [0.29, 0.717) is 0 Å². The van der Waals surface area contributed by atoms with E-state index in [1.54, 1.807) is 6.07 Å². The van der Waals surface area contributed by atoms with E-state index in [-0.39, 0.29) is 22.5 Å². The number of carbonyl (C=O) groups is 1. The molecule has 3 N–H and O–H groups in total. The van der Waals surface area contributed by atoms with Crippen LogP contribution >= 0.6 is 0 Å². The van der Waals surface area contributed by atoms with E-state index < -0.39 is 17.5 Å². The molecule has 6 heteroatoms. The number of hydrogen-bond donors (Lipinski definition) is 2. The molecule has 2 aromatic carbocycles. The molecule has 0 saturated heterocycles. The monoisotopic (exact) mass is 273 g/mol. The Balaban J connectivity index is 2.36. The van der Waals surface area contributed by atoms with E-state index in [1.165, 1.54) is 18.2 Å². The summed E-state index contributed by atoms with van der Waals surface area (Å²) in [6, 6.07) is 8.81. The second-order valence-corrected chi connectivity index (χ2v) is 3.96. The quantitative estimate of drug-likeness (QED) is 0.825. The van der Waals surface area contributed by atoms with Crippen LogP contribution in [0.3, 0.4) is 0 Å². The van der Waals surface area contributed by atoms with E-state index >= 15 is 0 Å². The average molecular weight is 273 g/mol. The molecule has 1 amide bonds. The molecule has 0 bridgehead atoms. The van der Waals surface area contributed by atoms with Crippen LogP contribution in [-0.4, -0.2) is 5.91 Å². The second-order valence-electron chi connectivity index (χ2n) is 3.96. The predicted molar refractivity (Wildman–Crippen MR) is 69.9 cm³/mol. The van der Waals surface area contributed by atoms with Gasteiger partial charge in [0.1, 0.15) is 23.3 Å². The number of nitrogens with zero attached hydrogens (tertiary/aromatic N) is 1. The van der Waals surface area contributed by atoms with Gasteiger partial charge in [-0.25, -0.2) is 8.78 Å². The molecule has 0 unspecified atom stereocenters. The van der Waals surface area contributed by atoms with Crippen molar-refractivity contribution in [3.05, 3.63) is 59.2 Å². The highest BCUT2D eigenvalue weighted by molar-refractivity contribution is 6.08. The van der Waals surface area contributed by atoms with Gasteiger partial charge in [0.25, 0.3) is 5.91 Å². The van der Waals surface area contributed by atoms with Crippen LogP contribution < -0.4 is 11.1 Å². The van der Waals surface area contributed by atoms with Gasteiger partial charge < -0.3 is 11.1 Å². The van der Waals surface area contributed by atoms with Crippen molar-refractivity contribution in [1.29, 1.82) is 5.26 Å². The van der Waals surface area contributed by atoms with Gasteiger partial charge in [0.2, 0.25) is 0 Å². The van der Waals surface area contributed by atoms with Crippen molar-refractivity contribution in [2.45, 2.75) is 0 Å². The van der Waals surface area contributed by atoms with Crippen molar-refractivity contribution in [3.8, 4) is 6.07 Å². The first-order valence-corrected chi connectivity index (χ1v) is 5.58. The van der Waals surface area contributed by atoms with Crippen molar-refractivity contribution in [3.63, 3.8) is 0 Å². The number of benzene rings is 2. The summed E-state index contributed by atoms with van der Waals surface area (Å²) in [5.74, 6) is -2.09. The lowest BCUT2D eigenvalue weighted by Gasteiger charge is -2.09. The zero-order valence-electron chi connectivity index (χ0n) is 10.2. The summed E-state index contributed by atoms with van der Waals surface area (Å²) in [6.07, 6.45) is 0. The third-order valence-corrected chi connectivity index (χ3v) is 2.63. The molecule has 0 heterocycles. The first kappa shape index (κ1) is 13.5. The number of nitrogen functional groups attached to an aromatic ring is 1. The van der Waals surface area contributed by atoms with Gasteiger partial charge in [-0.3, -0.25) is 4.79 Å². The fourth-order valence-electron chi connectivity index (χ4n) is 1.66. The number of hydrogen-bond acceptors (Lipinski definition) is 3. The number of nitrogens with one attached hydrogen (secondary N) is 1. The maximum Gasteiger partial charge on any atom is 0.257 e. The molecular weight excluding hydrogens is 264 g/mol. The van der Waals surface area contributed by atoms with Gasteiger partial charge in [0.15, 0.2) is 0 Å². The van der Waals surface area contributed by atoms with Crippen molar-refractivity contribution < 1.29 is 13.6 Å². The molecule has 100 valence electrons. The van der Waals surface area contributed by atoms with Gasteiger partial charge in [-0.05, 0) is 30.3 Å². The predicted octanol–water partition coefficient (Wildman–Crippen LogP) is 2.67. The van der Waals surface area contributed by atoms with Crippen LogP contribution in [0, 0.1) is 23.0 Å². The third-order valence-electron chi connectivity index (χ3n) is 2.63. The van der Waals surface area contributed by atoms with Crippen LogP contribution in [-0.2, 0) is 0 Å². The number of halogens is 2. The molecule has 0 radical (unpaired) electrons. The molecule has 2 aromatic rings. The summed E-state index contributed by atoms with van der Waals surface area (Å²) in [5, 5.41) is 11.2. The van der Waals surface area contributed by atoms with Crippen molar-refractivity contribution >= 4 is 17.3 Å². The molecular formula is C14H9F2N3O. The average Bonchev–Trinajstić information content (AvgIpc) is 2.41. The topological polar surface area (TPSA) is 78.9 Å². The zero-order chi connectivity index (χ0) is 14.7. The van der Waals surface area contributed by atoms with E-state index in [1.807, 2.05) is 0 Å². The Labute approximate surface area is 113 Å². The highest BCUT2D eigenvalue weighted by Gasteiger charge is 2.14. The first-order chi connectivity index (χ1) is 9.52. The Morgan fingerprint density at radius 3 is 2.70 bits per heavy atom.